The van der Waals surface area contributed by atoms with Gasteiger partial charge in [-0.2, -0.15) is 0 Å². The van der Waals surface area contributed by atoms with Crippen LogP contribution in [0.25, 0.3) is 10.1 Å². The van der Waals surface area contributed by atoms with Crippen LogP contribution in [0.4, 0.5) is 5.13 Å². The summed E-state index contributed by atoms with van der Waals surface area (Å²) in [5.74, 6) is -2.18. The first-order valence-corrected chi connectivity index (χ1v) is 17.4. The molecule has 1 saturated carbocycles. The lowest BCUT2D eigenvalue weighted by atomic mass is 10.0. The molecule has 3 aliphatic rings. The van der Waals surface area contributed by atoms with E-state index < -0.39 is 29.2 Å². The molecule has 1 unspecified atom stereocenters. The number of thiazole rings is 1. The summed E-state index contributed by atoms with van der Waals surface area (Å²) in [7, 11) is 0. The molecule has 4 N–H and O–H groups in total. The Kier molecular flexibility index (Phi) is 9.01. The van der Waals surface area contributed by atoms with Crippen molar-refractivity contribution in [1.29, 1.82) is 0 Å². The van der Waals surface area contributed by atoms with Crippen molar-refractivity contribution >= 4 is 96.5 Å². The van der Waals surface area contributed by atoms with Gasteiger partial charge in [-0.1, -0.05) is 28.5 Å². The van der Waals surface area contributed by atoms with E-state index in [0.29, 0.717) is 20.2 Å². The Morgan fingerprint density at radius 2 is 2.05 bits per heavy atom. The molecule has 11 nitrogen and oxygen atoms in total. The lowest BCUT2D eigenvalue weighted by molar-refractivity contribution is -0.150. The van der Waals surface area contributed by atoms with Gasteiger partial charge in [-0.25, -0.2) is 9.78 Å². The molecule has 6 rings (SSSR count). The lowest BCUT2D eigenvalue weighted by Gasteiger charge is -2.49. The summed E-state index contributed by atoms with van der Waals surface area (Å²) in [5.41, 5.74) is 6.07. The van der Waals surface area contributed by atoms with E-state index in [1.165, 1.54) is 45.8 Å². The second-order valence-corrected chi connectivity index (χ2v) is 14.8. The van der Waals surface area contributed by atoms with Crippen LogP contribution >= 0.6 is 57.8 Å². The number of carbonyl (C=O) groups is 3. The molecule has 2 amide bonds. The number of rotatable bonds is 9. The van der Waals surface area contributed by atoms with Crippen molar-refractivity contribution < 1.29 is 24.3 Å². The smallest absolute Gasteiger partial charge is 0.352 e. The summed E-state index contributed by atoms with van der Waals surface area (Å²) < 4.78 is 1.46. The van der Waals surface area contributed by atoms with Crippen LogP contribution < -0.4 is 16.5 Å². The third-order valence-corrected chi connectivity index (χ3v) is 11.4. The predicted octanol–water partition coefficient (Wildman–Crippen LogP) is 4.66. The number of benzene rings is 1. The molecule has 1 aromatic carbocycles. The quantitative estimate of drug-likeness (QED) is 0.125. The number of β-lactam (4-membered cyclic amide) rings is 1. The first kappa shape index (κ1) is 30.6. The predicted molar refractivity (Wildman–Crippen MR) is 174 cm³/mol. The number of halogens is 1. The Labute approximate surface area is 272 Å². The average molecular weight is 690 g/mol. The van der Waals surface area contributed by atoms with Gasteiger partial charge < -0.3 is 21.0 Å². The minimum Gasteiger partial charge on any atom is -0.477 e. The van der Waals surface area contributed by atoms with E-state index in [0.717, 1.165) is 41.7 Å². The highest BCUT2D eigenvalue weighted by Crippen LogP contribution is 2.41. The maximum absolute atomic E-state index is 13.3. The molecular weight excluding hydrogens is 666 g/mol. The summed E-state index contributed by atoms with van der Waals surface area (Å²) in [4.78, 5) is 62.3. The number of hydrogen-bond donors (Lipinski definition) is 3. The van der Waals surface area contributed by atoms with E-state index >= 15 is 0 Å². The van der Waals surface area contributed by atoms with E-state index in [9.17, 15) is 24.3 Å². The Hall–Kier alpha value is -3.37. The SMILES string of the molecule is Nc1nc(C(=NOC2CCCC2)C(=O)NC2C(=O)N3C(C(=O)O)=C(C=CSc4cc(=O)c5ccc(Cl)cc5s4)CS[C@@H]23)cs1. The van der Waals surface area contributed by atoms with Crippen molar-refractivity contribution in [3.8, 4) is 0 Å². The number of allylic oxidation sites excluding steroid dienone is 1. The number of nitrogens with one attached hydrogen (secondary N) is 1. The fraction of sp³-hybridized carbons (Fsp3) is 0.286. The topological polar surface area (TPSA) is 164 Å². The Bertz CT molecular complexity index is 1810. The summed E-state index contributed by atoms with van der Waals surface area (Å²) in [6.07, 6.45) is 5.25. The number of nitrogen functional groups attached to an aromatic ring is 1. The first-order valence-electron chi connectivity index (χ1n) is 13.4. The highest BCUT2D eigenvalue weighted by molar-refractivity contribution is 8.04. The lowest BCUT2D eigenvalue weighted by Crippen LogP contribution is -2.71. The van der Waals surface area contributed by atoms with Crippen LogP contribution in [0.2, 0.25) is 5.02 Å². The van der Waals surface area contributed by atoms with E-state index in [4.69, 9.17) is 22.2 Å². The zero-order chi connectivity index (χ0) is 31.0. The van der Waals surface area contributed by atoms with Gasteiger partial charge in [0.05, 0.1) is 4.21 Å². The molecular formula is C28H24ClN5O6S4. The molecule has 228 valence electrons. The number of aromatic nitrogens is 1. The molecule has 2 atom stereocenters. The molecule has 1 saturated heterocycles. The second-order valence-electron chi connectivity index (χ2n) is 10.1. The fourth-order valence-corrected chi connectivity index (χ4v) is 9.17. The molecule has 0 radical (unpaired) electrons. The standard InChI is InChI=1S/C28H24ClN5O6S4/c29-14-5-6-16-18(35)10-20(44-19(16)9-14)41-8-7-13-11-42-26-22(25(37)34(26)23(13)27(38)39)32-24(36)21(17-12-43-28(30)31-17)33-40-15-3-1-2-4-15/h5-10,12,15,22,26H,1-4,11H2,(H2,30,31)(H,32,36)(H,38,39)/t22?,26-/m0/s1. The Morgan fingerprint density at radius 1 is 1.25 bits per heavy atom. The van der Waals surface area contributed by atoms with Crippen molar-refractivity contribution in [2.24, 2.45) is 5.16 Å². The van der Waals surface area contributed by atoms with Crippen molar-refractivity contribution in [3.63, 3.8) is 0 Å². The number of carbonyl (C=O) groups excluding carboxylic acids is 2. The maximum Gasteiger partial charge on any atom is 0.352 e. The summed E-state index contributed by atoms with van der Waals surface area (Å²) in [5, 5.41) is 20.8. The number of nitrogens with two attached hydrogens (primary N) is 1. The highest BCUT2D eigenvalue weighted by atomic mass is 35.5. The van der Waals surface area contributed by atoms with Crippen molar-refractivity contribution in [3.05, 3.63) is 73.3 Å². The van der Waals surface area contributed by atoms with Gasteiger partial charge in [0.1, 0.15) is 28.9 Å². The number of carboxylic acids is 1. The zero-order valence-corrected chi connectivity index (χ0v) is 26.7. The Morgan fingerprint density at radius 3 is 2.77 bits per heavy atom. The Balaban J connectivity index is 1.17. The van der Waals surface area contributed by atoms with Crippen LogP contribution in [0, 0.1) is 0 Å². The monoisotopic (exact) mass is 689 g/mol. The van der Waals surface area contributed by atoms with Crippen LogP contribution in [0.5, 0.6) is 0 Å². The molecule has 4 heterocycles. The molecule has 16 heteroatoms. The summed E-state index contributed by atoms with van der Waals surface area (Å²) >= 11 is 11.2. The number of thioether (sulfide) groups is 2. The summed E-state index contributed by atoms with van der Waals surface area (Å²) in [6.45, 7) is 0. The van der Waals surface area contributed by atoms with Gasteiger partial charge in [0, 0.05) is 32.3 Å². The molecule has 1 aliphatic carbocycles. The molecule has 2 aromatic heterocycles. The van der Waals surface area contributed by atoms with Crippen LogP contribution in [0.1, 0.15) is 31.4 Å². The number of oxime groups is 1. The van der Waals surface area contributed by atoms with Crippen LogP contribution in [0.3, 0.4) is 0 Å². The van der Waals surface area contributed by atoms with Crippen molar-refractivity contribution in [2.75, 3.05) is 11.5 Å². The number of anilines is 1. The minimum atomic E-state index is -1.26. The molecule has 2 fully saturated rings. The van der Waals surface area contributed by atoms with Gasteiger partial charge in [-0.05, 0) is 60.9 Å². The van der Waals surface area contributed by atoms with Crippen molar-refractivity contribution in [1.82, 2.24) is 15.2 Å². The third kappa shape index (κ3) is 6.24. The zero-order valence-electron chi connectivity index (χ0n) is 22.7. The molecule has 2 aliphatic heterocycles. The second kappa shape index (κ2) is 12.9. The molecule has 0 spiro atoms. The molecule has 0 bridgehead atoms. The van der Waals surface area contributed by atoms with Crippen LogP contribution in [-0.4, -0.2) is 61.8 Å². The number of carboxylic acid groups (broad SMARTS) is 1. The average Bonchev–Trinajstić information content (AvgIpc) is 3.67. The maximum atomic E-state index is 13.3. The van der Waals surface area contributed by atoms with E-state index in [2.05, 4.69) is 15.5 Å². The van der Waals surface area contributed by atoms with Gasteiger partial charge in [0.15, 0.2) is 16.3 Å². The van der Waals surface area contributed by atoms with Gasteiger partial charge in [0.25, 0.3) is 11.8 Å². The molecule has 44 heavy (non-hydrogen) atoms. The van der Waals surface area contributed by atoms with Crippen LogP contribution in [-0.2, 0) is 19.2 Å². The van der Waals surface area contributed by atoms with Gasteiger partial charge in [-0.15, -0.1) is 34.4 Å². The van der Waals surface area contributed by atoms with Gasteiger partial charge in [0.2, 0.25) is 0 Å². The van der Waals surface area contributed by atoms with E-state index in [1.54, 1.807) is 35.1 Å². The van der Waals surface area contributed by atoms with E-state index in [-0.39, 0.29) is 39.5 Å². The van der Waals surface area contributed by atoms with Crippen molar-refractivity contribution in [2.45, 2.75) is 47.4 Å². The largest absolute Gasteiger partial charge is 0.477 e. The van der Waals surface area contributed by atoms with E-state index in [1.807, 2.05) is 0 Å². The number of amides is 2. The number of hydrogen-bond acceptors (Lipinski definition) is 12. The third-order valence-electron chi connectivity index (χ3n) is 7.18. The van der Waals surface area contributed by atoms with Gasteiger partial charge >= 0.3 is 5.97 Å². The minimum absolute atomic E-state index is 0.0928. The number of aliphatic carboxylic acids is 1. The normalized spacial score (nSPS) is 20.7. The number of fused-ring (bicyclic) bond motifs is 2. The fourth-order valence-electron chi connectivity index (χ4n) is 5.05. The van der Waals surface area contributed by atoms with Gasteiger partial charge in [-0.3, -0.25) is 19.3 Å². The molecule has 3 aromatic rings. The highest BCUT2D eigenvalue weighted by Gasteiger charge is 2.54. The summed E-state index contributed by atoms with van der Waals surface area (Å²) in [6, 6.07) is 5.65. The first-order chi connectivity index (χ1) is 21.2. The van der Waals surface area contributed by atoms with Crippen LogP contribution in [0.15, 0.2) is 66.6 Å². The number of nitrogens with zero attached hydrogens (tertiary/aromatic N) is 3.